The fraction of sp³-hybridized carbons (Fsp3) is 0.667. The highest BCUT2D eigenvalue weighted by atomic mass is 32.1. The van der Waals surface area contributed by atoms with E-state index in [1.807, 2.05) is 7.05 Å². The predicted octanol–water partition coefficient (Wildman–Crippen LogP) is 2.16. The summed E-state index contributed by atoms with van der Waals surface area (Å²) in [4.78, 5) is 16.1. The standard InChI is InChI=1S/C12H20N2OS/c1-12(2,3)10-8-16-11(14-10)7-9(15)5-6-13-4/h8,13H,5-7H2,1-4H3. The fourth-order valence-electron chi connectivity index (χ4n) is 1.26. The van der Waals surface area contributed by atoms with E-state index in [2.05, 4.69) is 36.5 Å². The van der Waals surface area contributed by atoms with Gasteiger partial charge in [-0.2, -0.15) is 0 Å². The van der Waals surface area contributed by atoms with Gasteiger partial charge in [0.2, 0.25) is 0 Å². The van der Waals surface area contributed by atoms with E-state index in [1.165, 1.54) is 0 Å². The van der Waals surface area contributed by atoms with Gasteiger partial charge in [-0.3, -0.25) is 4.79 Å². The second-order valence-electron chi connectivity index (χ2n) is 4.95. The molecule has 4 heteroatoms. The van der Waals surface area contributed by atoms with Crippen LogP contribution < -0.4 is 5.32 Å². The fourth-order valence-corrected chi connectivity index (χ4v) is 2.31. The maximum atomic E-state index is 11.6. The predicted molar refractivity (Wildman–Crippen MR) is 68.1 cm³/mol. The summed E-state index contributed by atoms with van der Waals surface area (Å²) in [5, 5.41) is 5.97. The number of nitrogens with zero attached hydrogens (tertiary/aromatic N) is 1. The summed E-state index contributed by atoms with van der Waals surface area (Å²) in [6, 6.07) is 0. The van der Waals surface area contributed by atoms with Crippen LogP contribution in [0.25, 0.3) is 0 Å². The first-order chi connectivity index (χ1) is 7.43. The van der Waals surface area contributed by atoms with Crippen molar-refractivity contribution < 1.29 is 4.79 Å². The molecule has 3 nitrogen and oxygen atoms in total. The Morgan fingerprint density at radius 2 is 2.19 bits per heavy atom. The molecular formula is C12H20N2OS. The monoisotopic (exact) mass is 240 g/mol. The van der Waals surface area contributed by atoms with Crippen molar-refractivity contribution >= 4 is 17.1 Å². The lowest BCUT2D eigenvalue weighted by Crippen LogP contribution is -2.15. The zero-order chi connectivity index (χ0) is 12.2. The van der Waals surface area contributed by atoms with Gasteiger partial charge in [0.05, 0.1) is 12.1 Å². The van der Waals surface area contributed by atoms with Crippen LogP contribution in [0, 0.1) is 0 Å². The van der Waals surface area contributed by atoms with Crippen LogP contribution in [0.5, 0.6) is 0 Å². The highest BCUT2D eigenvalue weighted by Gasteiger charge is 2.18. The molecule has 90 valence electrons. The van der Waals surface area contributed by atoms with Crippen molar-refractivity contribution in [3.05, 3.63) is 16.1 Å². The Bertz CT molecular complexity index is 352. The maximum absolute atomic E-state index is 11.6. The molecule has 0 spiro atoms. The van der Waals surface area contributed by atoms with Gasteiger partial charge in [0.1, 0.15) is 10.8 Å². The minimum absolute atomic E-state index is 0.0722. The zero-order valence-electron chi connectivity index (χ0n) is 10.5. The summed E-state index contributed by atoms with van der Waals surface area (Å²) in [5.41, 5.74) is 1.15. The third-order valence-corrected chi connectivity index (χ3v) is 3.17. The number of carbonyl (C=O) groups excluding carboxylic acids is 1. The molecule has 0 saturated heterocycles. The Morgan fingerprint density at radius 1 is 1.50 bits per heavy atom. The average Bonchev–Trinajstić information content (AvgIpc) is 2.62. The molecule has 0 atom stereocenters. The molecule has 1 N–H and O–H groups in total. The molecule has 0 aliphatic heterocycles. The average molecular weight is 240 g/mol. The van der Waals surface area contributed by atoms with Crippen molar-refractivity contribution in [1.29, 1.82) is 0 Å². The number of Topliss-reactive ketones (excluding diaryl/α,β-unsaturated/α-hetero) is 1. The number of ketones is 1. The van der Waals surface area contributed by atoms with Crippen LogP contribution in [0.2, 0.25) is 0 Å². The lowest BCUT2D eigenvalue weighted by Gasteiger charge is -2.14. The van der Waals surface area contributed by atoms with Gasteiger partial charge >= 0.3 is 0 Å². The lowest BCUT2D eigenvalue weighted by molar-refractivity contribution is -0.118. The van der Waals surface area contributed by atoms with Crippen molar-refractivity contribution in [2.24, 2.45) is 0 Å². The summed E-state index contributed by atoms with van der Waals surface area (Å²) >= 11 is 1.59. The van der Waals surface area contributed by atoms with E-state index in [4.69, 9.17) is 0 Å². The van der Waals surface area contributed by atoms with E-state index in [0.717, 1.165) is 17.2 Å². The van der Waals surface area contributed by atoms with Crippen molar-refractivity contribution in [2.45, 2.75) is 39.0 Å². The number of carbonyl (C=O) groups is 1. The molecule has 0 aliphatic rings. The zero-order valence-corrected chi connectivity index (χ0v) is 11.3. The number of thiazole rings is 1. The van der Waals surface area contributed by atoms with Crippen molar-refractivity contribution in [2.75, 3.05) is 13.6 Å². The number of nitrogens with one attached hydrogen (secondary N) is 1. The summed E-state index contributed by atoms with van der Waals surface area (Å²) in [6.45, 7) is 7.15. The first-order valence-corrected chi connectivity index (χ1v) is 6.42. The van der Waals surface area contributed by atoms with Crippen LogP contribution in [0.1, 0.15) is 37.9 Å². The van der Waals surface area contributed by atoms with Gasteiger partial charge in [-0.15, -0.1) is 11.3 Å². The quantitative estimate of drug-likeness (QED) is 0.857. The van der Waals surface area contributed by atoms with E-state index >= 15 is 0 Å². The molecule has 0 radical (unpaired) electrons. The summed E-state index contributed by atoms with van der Waals surface area (Å²) < 4.78 is 0. The topological polar surface area (TPSA) is 42.0 Å². The Kier molecular flexibility index (Phi) is 4.62. The van der Waals surface area contributed by atoms with Crippen molar-refractivity contribution in [3.8, 4) is 0 Å². The third-order valence-electron chi connectivity index (χ3n) is 2.32. The summed E-state index contributed by atoms with van der Waals surface area (Å²) in [6.07, 6.45) is 1.06. The summed E-state index contributed by atoms with van der Waals surface area (Å²) in [5.74, 6) is 0.254. The summed E-state index contributed by atoms with van der Waals surface area (Å²) in [7, 11) is 1.86. The molecule has 0 saturated carbocycles. The Labute approximate surface area is 101 Å². The van der Waals surface area contributed by atoms with Crippen LogP contribution in [-0.2, 0) is 16.6 Å². The SMILES string of the molecule is CNCCC(=O)Cc1nc(C(C)(C)C)cs1. The minimum Gasteiger partial charge on any atom is -0.319 e. The highest BCUT2D eigenvalue weighted by molar-refractivity contribution is 7.09. The van der Waals surface area contributed by atoms with Gasteiger partial charge in [-0.25, -0.2) is 4.98 Å². The van der Waals surface area contributed by atoms with Gasteiger partial charge in [-0.1, -0.05) is 20.8 Å². The Balaban J connectivity index is 2.56. The second kappa shape index (κ2) is 5.55. The molecule has 0 aromatic carbocycles. The van der Waals surface area contributed by atoms with Crippen LogP contribution in [0.3, 0.4) is 0 Å². The van der Waals surface area contributed by atoms with Crippen LogP contribution in [0.4, 0.5) is 0 Å². The minimum atomic E-state index is 0.0722. The molecule has 1 aromatic rings. The number of hydrogen-bond donors (Lipinski definition) is 1. The lowest BCUT2D eigenvalue weighted by atomic mass is 9.93. The van der Waals surface area contributed by atoms with Crippen LogP contribution in [0.15, 0.2) is 5.38 Å². The molecule has 1 aromatic heterocycles. The van der Waals surface area contributed by atoms with Crippen LogP contribution >= 0.6 is 11.3 Å². The number of aromatic nitrogens is 1. The first-order valence-electron chi connectivity index (χ1n) is 5.54. The normalized spacial score (nSPS) is 11.8. The van der Waals surface area contributed by atoms with E-state index in [1.54, 1.807) is 11.3 Å². The van der Waals surface area contributed by atoms with E-state index in [9.17, 15) is 4.79 Å². The smallest absolute Gasteiger partial charge is 0.140 e. The van der Waals surface area contributed by atoms with Gasteiger partial charge in [0.15, 0.2) is 0 Å². The van der Waals surface area contributed by atoms with Gasteiger partial charge < -0.3 is 5.32 Å². The van der Waals surface area contributed by atoms with E-state index < -0.39 is 0 Å². The first kappa shape index (κ1) is 13.3. The Hall–Kier alpha value is -0.740. The maximum Gasteiger partial charge on any atom is 0.140 e. The molecule has 0 bridgehead atoms. The van der Waals surface area contributed by atoms with Gasteiger partial charge in [0.25, 0.3) is 0 Å². The van der Waals surface area contributed by atoms with Crippen molar-refractivity contribution in [1.82, 2.24) is 10.3 Å². The third kappa shape index (κ3) is 4.02. The molecular weight excluding hydrogens is 220 g/mol. The highest BCUT2D eigenvalue weighted by Crippen LogP contribution is 2.24. The molecule has 0 amide bonds. The number of hydrogen-bond acceptors (Lipinski definition) is 4. The van der Waals surface area contributed by atoms with E-state index in [-0.39, 0.29) is 11.2 Å². The van der Waals surface area contributed by atoms with Crippen LogP contribution in [-0.4, -0.2) is 24.4 Å². The van der Waals surface area contributed by atoms with Gasteiger partial charge in [0, 0.05) is 23.8 Å². The van der Waals surface area contributed by atoms with E-state index in [0.29, 0.717) is 12.8 Å². The van der Waals surface area contributed by atoms with Gasteiger partial charge in [-0.05, 0) is 7.05 Å². The molecule has 1 heterocycles. The van der Waals surface area contributed by atoms with Crippen molar-refractivity contribution in [3.63, 3.8) is 0 Å². The molecule has 1 rings (SSSR count). The molecule has 0 fully saturated rings. The second-order valence-corrected chi connectivity index (χ2v) is 5.89. The number of rotatable bonds is 5. The Morgan fingerprint density at radius 3 is 2.69 bits per heavy atom. The molecule has 0 unspecified atom stereocenters. The largest absolute Gasteiger partial charge is 0.319 e. The molecule has 0 aliphatic carbocycles. The molecule has 16 heavy (non-hydrogen) atoms.